The van der Waals surface area contributed by atoms with Crippen LogP contribution in [0.1, 0.15) is 68.1 Å². The monoisotopic (exact) mass is 559 g/mol. The first-order valence-corrected chi connectivity index (χ1v) is 14.9. The van der Waals surface area contributed by atoms with Crippen LogP contribution in [0.25, 0.3) is 0 Å². The van der Waals surface area contributed by atoms with Gasteiger partial charge in [0.15, 0.2) is 0 Å². The highest BCUT2D eigenvalue weighted by Crippen LogP contribution is 2.30. The van der Waals surface area contributed by atoms with Gasteiger partial charge in [0.2, 0.25) is 5.91 Å². The molecule has 3 aliphatic rings. The van der Waals surface area contributed by atoms with E-state index in [1.165, 1.54) is 24.2 Å². The number of aldehydes is 1. The molecule has 3 fully saturated rings. The van der Waals surface area contributed by atoms with Crippen molar-refractivity contribution in [2.75, 3.05) is 57.3 Å². The number of likely N-dealkylation sites (tertiary alicyclic amines) is 1. The van der Waals surface area contributed by atoms with E-state index in [0.29, 0.717) is 47.5 Å². The molecule has 1 saturated carbocycles. The van der Waals surface area contributed by atoms with E-state index in [1.807, 2.05) is 4.90 Å². The highest BCUT2D eigenvalue weighted by Gasteiger charge is 2.29. The molecule has 2 saturated heterocycles. The average molecular weight is 560 g/mol. The van der Waals surface area contributed by atoms with Gasteiger partial charge in [-0.2, -0.15) is 0 Å². The summed E-state index contributed by atoms with van der Waals surface area (Å²) >= 11 is 6.30. The predicted octanol–water partition coefficient (Wildman–Crippen LogP) is 3.78. The summed E-state index contributed by atoms with van der Waals surface area (Å²) < 4.78 is 0. The van der Waals surface area contributed by atoms with Gasteiger partial charge in [0.05, 0.1) is 10.7 Å². The minimum absolute atomic E-state index is 0.0927. The van der Waals surface area contributed by atoms with Crippen LogP contribution in [0, 0.1) is 11.8 Å². The van der Waals surface area contributed by atoms with Gasteiger partial charge in [0.1, 0.15) is 6.29 Å². The Hall–Kier alpha value is -2.65. The molecule has 0 atom stereocenters. The largest absolute Gasteiger partial charge is 0.351 e. The molecular formula is C29H42ClN5O4. The molecule has 1 aromatic carbocycles. The van der Waals surface area contributed by atoms with E-state index in [4.69, 9.17) is 17.3 Å². The van der Waals surface area contributed by atoms with Crippen molar-refractivity contribution in [2.45, 2.75) is 57.8 Å². The molecule has 2 N–H and O–H groups in total. The van der Waals surface area contributed by atoms with Gasteiger partial charge in [-0.25, -0.2) is 4.79 Å². The Balaban J connectivity index is 1.21. The number of hydrogen-bond acceptors (Lipinski definition) is 5. The third kappa shape index (κ3) is 7.72. The van der Waals surface area contributed by atoms with E-state index in [0.717, 1.165) is 64.8 Å². The highest BCUT2D eigenvalue weighted by molar-refractivity contribution is 6.34. The maximum atomic E-state index is 13.2. The predicted molar refractivity (Wildman–Crippen MR) is 152 cm³/mol. The number of nitrogens with two attached hydrogens (primary N) is 1. The van der Waals surface area contributed by atoms with Crippen LogP contribution in [0.3, 0.4) is 0 Å². The smallest absolute Gasteiger partial charge is 0.319 e. The fourth-order valence-electron chi connectivity index (χ4n) is 6.16. The topological polar surface area (TPSA) is 107 Å². The number of piperidine rings is 1. The molecule has 10 heteroatoms. The molecule has 0 spiro atoms. The Morgan fingerprint density at radius 1 is 0.949 bits per heavy atom. The Morgan fingerprint density at radius 2 is 1.64 bits per heavy atom. The average Bonchev–Trinajstić information content (AvgIpc) is 2.97. The van der Waals surface area contributed by atoms with Crippen molar-refractivity contribution in [3.63, 3.8) is 0 Å². The molecule has 39 heavy (non-hydrogen) atoms. The minimum atomic E-state index is -0.721. The molecule has 0 radical (unpaired) electrons. The second-order valence-corrected chi connectivity index (χ2v) is 11.5. The molecule has 2 heterocycles. The number of amides is 4. The number of halogens is 1. The van der Waals surface area contributed by atoms with E-state index in [-0.39, 0.29) is 24.8 Å². The number of piperazine rings is 1. The van der Waals surface area contributed by atoms with Crippen molar-refractivity contribution in [2.24, 2.45) is 17.6 Å². The van der Waals surface area contributed by atoms with Crippen molar-refractivity contribution in [1.29, 1.82) is 0 Å². The SMILES string of the molecule is NC(=O)N(CCC=O)c1cc(C(=O)N2CCC(CCN3CCN(C(=O)C4CCCCC4)CC3)CC2)ccc1Cl. The zero-order valence-corrected chi connectivity index (χ0v) is 23.6. The van der Waals surface area contributed by atoms with Crippen molar-refractivity contribution >= 4 is 41.4 Å². The van der Waals surface area contributed by atoms with Crippen molar-refractivity contribution < 1.29 is 19.2 Å². The lowest BCUT2D eigenvalue weighted by Gasteiger charge is -2.38. The number of nitrogens with zero attached hydrogens (tertiary/aromatic N) is 4. The first-order valence-electron chi connectivity index (χ1n) is 14.5. The van der Waals surface area contributed by atoms with E-state index < -0.39 is 6.03 Å². The summed E-state index contributed by atoms with van der Waals surface area (Å²) in [5.41, 5.74) is 6.28. The minimum Gasteiger partial charge on any atom is -0.351 e. The van der Waals surface area contributed by atoms with E-state index in [9.17, 15) is 19.2 Å². The molecule has 9 nitrogen and oxygen atoms in total. The van der Waals surface area contributed by atoms with Gasteiger partial charge in [0.25, 0.3) is 5.91 Å². The first-order chi connectivity index (χ1) is 18.9. The second-order valence-electron chi connectivity index (χ2n) is 11.1. The van der Waals surface area contributed by atoms with Gasteiger partial charge in [-0.15, -0.1) is 0 Å². The summed E-state index contributed by atoms with van der Waals surface area (Å²) in [6, 6.07) is 4.13. The number of rotatable bonds is 9. The Labute approximate surface area is 236 Å². The number of anilines is 1. The van der Waals surface area contributed by atoms with Gasteiger partial charge >= 0.3 is 6.03 Å². The zero-order chi connectivity index (χ0) is 27.8. The van der Waals surface area contributed by atoms with Crippen LogP contribution >= 0.6 is 11.6 Å². The second kappa shape index (κ2) is 14.1. The number of carbonyl (C=O) groups is 4. The molecule has 1 aromatic rings. The van der Waals surface area contributed by atoms with Crippen LogP contribution in [0.4, 0.5) is 10.5 Å². The first kappa shape index (κ1) is 29.3. The van der Waals surface area contributed by atoms with Crippen LogP contribution < -0.4 is 10.6 Å². The summed E-state index contributed by atoms with van der Waals surface area (Å²) in [4.78, 5) is 56.4. The third-order valence-electron chi connectivity index (χ3n) is 8.61. The van der Waals surface area contributed by atoms with Gasteiger partial charge in [-0.3, -0.25) is 19.4 Å². The van der Waals surface area contributed by atoms with Crippen molar-refractivity contribution in [1.82, 2.24) is 14.7 Å². The summed E-state index contributed by atoms with van der Waals surface area (Å²) in [5, 5.41) is 0.300. The molecule has 1 aliphatic carbocycles. The van der Waals surface area contributed by atoms with Crippen LogP contribution in [0.2, 0.25) is 5.02 Å². The Kier molecular flexibility index (Phi) is 10.6. The van der Waals surface area contributed by atoms with Crippen LogP contribution in [0.15, 0.2) is 18.2 Å². The molecule has 0 aromatic heterocycles. The van der Waals surface area contributed by atoms with Gasteiger partial charge in [-0.05, 0) is 62.8 Å². The molecule has 0 bridgehead atoms. The summed E-state index contributed by atoms with van der Waals surface area (Å²) in [7, 11) is 0. The number of urea groups is 1. The van der Waals surface area contributed by atoms with Gasteiger partial charge in [-0.1, -0.05) is 30.9 Å². The number of hydrogen-bond donors (Lipinski definition) is 1. The van der Waals surface area contributed by atoms with E-state index in [1.54, 1.807) is 18.2 Å². The molecule has 0 unspecified atom stereocenters. The Bertz CT molecular complexity index is 1010. The quantitative estimate of drug-likeness (QED) is 0.463. The standard InChI is InChI=1S/C29H42ClN5O4/c30-25-8-7-24(21-26(25)35(29(31)39)12-4-20-36)28(38)33-14-10-22(11-15-33)9-13-32-16-18-34(19-17-32)27(37)23-5-2-1-3-6-23/h7-8,20-23H,1-6,9-19H2,(H2,31,39). The zero-order valence-electron chi connectivity index (χ0n) is 22.9. The summed E-state index contributed by atoms with van der Waals surface area (Å²) in [6.45, 7) is 6.10. The lowest BCUT2D eigenvalue weighted by molar-refractivity contribution is -0.138. The lowest BCUT2D eigenvalue weighted by Crippen LogP contribution is -2.51. The molecule has 2 aliphatic heterocycles. The third-order valence-corrected chi connectivity index (χ3v) is 8.93. The molecule has 4 rings (SSSR count). The number of benzene rings is 1. The molecular weight excluding hydrogens is 518 g/mol. The van der Waals surface area contributed by atoms with E-state index in [2.05, 4.69) is 9.80 Å². The fourth-order valence-corrected chi connectivity index (χ4v) is 6.38. The molecule has 4 amide bonds. The van der Waals surface area contributed by atoms with Gasteiger partial charge < -0.3 is 20.3 Å². The van der Waals surface area contributed by atoms with Crippen molar-refractivity contribution in [3.05, 3.63) is 28.8 Å². The van der Waals surface area contributed by atoms with Crippen LogP contribution in [0.5, 0.6) is 0 Å². The Morgan fingerprint density at radius 3 is 2.28 bits per heavy atom. The fraction of sp³-hybridized carbons (Fsp3) is 0.655. The highest BCUT2D eigenvalue weighted by atomic mass is 35.5. The summed E-state index contributed by atoms with van der Waals surface area (Å²) in [6.07, 6.45) is 9.63. The number of carbonyl (C=O) groups excluding carboxylic acids is 4. The normalized spacial score (nSPS) is 19.6. The van der Waals surface area contributed by atoms with Crippen molar-refractivity contribution in [3.8, 4) is 0 Å². The van der Waals surface area contributed by atoms with E-state index >= 15 is 0 Å². The van der Waals surface area contributed by atoms with Crippen LogP contribution in [-0.2, 0) is 9.59 Å². The maximum Gasteiger partial charge on any atom is 0.319 e. The lowest BCUT2D eigenvalue weighted by atomic mass is 9.88. The van der Waals surface area contributed by atoms with Gasteiger partial charge in [0, 0.05) is 63.7 Å². The molecule has 214 valence electrons. The summed E-state index contributed by atoms with van der Waals surface area (Å²) in [5.74, 6) is 1.11. The van der Waals surface area contributed by atoms with Crippen LogP contribution in [-0.4, -0.2) is 91.2 Å². The number of primary amides is 1. The maximum absolute atomic E-state index is 13.2.